The van der Waals surface area contributed by atoms with Crippen LogP contribution in [0.5, 0.6) is 0 Å². The molecule has 0 spiro atoms. The van der Waals surface area contributed by atoms with Crippen LogP contribution in [-0.4, -0.2) is 15.6 Å². The van der Waals surface area contributed by atoms with Gasteiger partial charge in [0.15, 0.2) is 0 Å². The Morgan fingerprint density at radius 3 is 2.62 bits per heavy atom. The van der Waals surface area contributed by atoms with E-state index in [1.54, 1.807) is 0 Å². The van der Waals surface area contributed by atoms with Crippen molar-refractivity contribution < 1.29 is 0 Å². The molecule has 1 saturated carbocycles. The third kappa shape index (κ3) is 3.53. The third-order valence-electron chi connectivity index (χ3n) is 4.71. The average molecular weight is 283 g/mol. The largest absolute Gasteiger partial charge is 0.334 e. The van der Waals surface area contributed by atoms with Gasteiger partial charge in [-0.05, 0) is 44.1 Å². The number of hydrogen-bond acceptors (Lipinski definition) is 2. The lowest BCUT2D eigenvalue weighted by atomic mass is 9.82. The molecule has 1 fully saturated rings. The lowest BCUT2D eigenvalue weighted by molar-refractivity contribution is 0.339. The van der Waals surface area contributed by atoms with Gasteiger partial charge in [-0.15, -0.1) is 0 Å². The summed E-state index contributed by atoms with van der Waals surface area (Å²) in [5.41, 5.74) is 2.81. The van der Waals surface area contributed by atoms with Crippen LogP contribution in [0.4, 0.5) is 0 Å². The Labute approximate surface area is 127 Å². The zero-order chi connectivity index (χ0) is 14.5. The van der Waals surface area contributed by atoms with Crippen molar-refractivity contribution in [2.45, 2.75) is 57.7 Å². The maximum Gasteiger partial charge on any atom is 0.0948 e. The van der Waals surface area contributed by atoms with Crippen LogP contribution in [-0.2, 0) is 13.1 Å². The zero-order valence-corrected chi connectivity index (χ0v) is 12.8. The zero-order valence-electron chi connectivity index (χ0n) is 12.8. The summed E-state index contributed by atoms with van der Waals surface area (Å²) >= 11 is 0. The fourth-order valence-corrected chi connectivity index (χ4v) is 3.39. The summed E-state index contributed by atoms with van der Waals surface area (Å²) in [7, 11) is 0. The summed E-state index contributed by atoms with van der Waals surface area (Å²) in [5.74, 6) is 0.755. The van der Waals surface area contributed by atoms with Gasteiger partial charge in [-0.3, -0.25) is 0 Å². The van der Waals surface area contributed by atoms with E-state index in [1.165, 1.54) is 36.9 Å². The molecule has 0 aliphatic heterocycles. The summed E-state index contributed by atoms with van der Waals surface area (Å²) in [6, 6.07) is 11.6. The van der Waals surface area contributed by atoms with Crippen molar-refractivity contribution in [3.63, 3.8) is 0 Å². The fraction of sp³-hybridized carbons (Fsp3) is 0.500. The van der Waals surface area contributed by atoms with Crippen molar-refractivity contribution in [1.82, 2.24) is 14.9 Å². The minimum atomic E-state index is 0.658. The van der Waals surface area contributed by atoms with Gasteiger partial charge < -0.3 is 9.88 Å². The molecule has 1 aromatic heterocycles. The quantitative estimate of drug-likeness (QED) is 0.906. The number of aromatic nitrogens is 2. The van der Waals surface area contributed by atoms with E-state index in [4.69, 9.17) is 0 Å². The average Bonchev–Trinajstić information content (AvgIpc) is 3.02. The van der Waals surface area contributed by atoms with E-state index in [1.807, 2.05) is 12.5 Å². The molecule has 3 heteroatoms. The second-order valence-corrected chi connectivity index (χ2v) is 6.01. The summed E-state index contributed by atoms with van der Waals surface area (Å²) in [5, 5.41) is 3.71. The molecule has 21 heavy (non-hydrogen) atoms. The topological polar surface area (TPSA) is 29.9 Å². The second-order valence-electron chi connectivity index (χ2n) is 6.01. The van der Waals surface area contributed by atoms with E-state index in [0.717, 1.165) is 19.0 Å². The first-order valence-corrected chi connectivity index (χ1v) is 8.14. The third-order valence-corrected chi connectivity index (χ3v) is 4.71. The van der Waals surface area contributed by atoms with Crippen molar-refractivity contribution in [3.8, 4) is 0 Å². The first-order chi connectivity index (χ1) is 10.4. The molecule has 1 aromatic carbocycles. The molecule has 112 valence electrons. The molecule has 2 aromatic rings. The van der Waals surface area contributed by atoms with Gasteiger partial charge in [0.05, 0.1) is 12.0 Å². The van der Waals surface area contributed by atoms with Crippen LogP contribution in [0.1, 0.15) is 49.8 Å². The molecular formula is C18H25N3. The first-order valence-electron chi connectivity index (χ1n) is 8.14. The van der Waals surface area contributed by atoms with Crippen LogP contribution in [0.2, 0.25) is 0 Å². The van der Waals surface area contributed by atoms with Gasteiger partial charge in [0, 0.05) is 25.3 Å². The standard InChI is InChI=1S/C18H25N3/c1-2-21-14-19-12-18(21)13-20-17-10-8-16(9-11-17)15-6-4-3-5-7-15/h3-7,12,14,16-17,20H,2,8-11,13H2,1H3. The van der Waals surface area contributed by atoms with E-state index in [-0.39, 0.29) is 0 Å². The van der Waals surface area contributed by atoms with Crippen molar-refractivity contribution >= 4 is 0 Å². The van der Waals surface area contributed by atoms with Gasteiger partial charge in [-0.2, -0.15) is 0 Å². The van der Waals surface area contributed by atoms with Crippen molar-refractivity contribution in [1.29, 1.82) is 0 Å². The minimum Gasteiger partial charge on any atom is -0.334 e. The number of nitrogens with zero attached hydrogens (tertiary/aromatic N) is 2. The van der Waals surface area contributed by atoms with Crippen molar-refractivity contribution in [3.05, 3.63) is 54.1 Å². The number of hydrogen-bond donors (Lipinski definition) is 1. The Morgan fingerprint density at radius 1 is 1.14 bits per heavy atom. The van der Waals surface area contributed by atoms with E-state index in [2.05, 4.69) is 52.1 Å². The molecule has 3 rings (SSSR count). The number of benzene rings is 1. The van der Waals surface area contributed by atoms with Crippen molar-refractivity contribution in [2.24, 2.45) is 0 Å². The number of nitrogens with one attached hydrogen (secondary N) is 1. The summed E-state index contributed by atoms with van der Waals surface area (Å²) in [6.07, 6.45) is 9.05. The van der Waals surface area contributed by atoms with Crippen LogP contribution in [0.25, 0.3) is 0 Å². The fourth-order valence-electron chi connectivity index (χ4n) is 3.39. The first kappa shape index (κ1) is 14.3. The van der Waals surface area contributed by atoms with Crippen LogP contribution in [0.15, 0.2) is 42.9 Å². The van der Waals surface area contributed by atoms with Gasteiger partial charge in [0.1, 0.15) is 0 Å². The predicted molar refractivity (Wildman–Crippen MR) is 86.2 cm³/mol. The smallest absolute Gasteiger partial charge is 0.0948 e. The lowest BCUT2D eigenvalue weighted by Crippen LogP contribution is -2.32. The van der Waals surface area contributed by atoms with Crippen molar-refractivity contribution in [2.75, 3.05) is 0 Å². The maximum atomic E-state index is 4.23. The molecule has 0 bridgehead atoms. The van der Waals surface area contributed by atoms with Gasteiger partial charge in [0.25, 0.3) is 0 Å². The van der Waals surface area contributed by atoms with Gasteiger partial charge in [-0.1, -0.05) is 30.3 Å². The Balaban J connectivity index is 1.48. The number of imidazole rings is 1. The normalized spacial score (nSPS) is 22.3. The Hall–Kier alpha value is -1.61. The van der Waals surface area contributed by atoms with Crippen LogP contribution in [0, 0.1) is 0 Å². The molecule has 0 amide bonds. The Morgan fingerprint density at radius 2 is 1.90 bits per heavy atom. The Kier molecular flexibility index (Phi) is 4.71. The number of aryl methyl sites for hydroxylation is 1. The Bertz CT molecular complexity index is 539. The second kappa shape index (κ2) is 6.90. The number of rotatable bonds is 5. The monoisotopic (exact) mass is 283 g/mol. The van der Waals surface area contributed by atoms with Gasteiger partial charge in [0.2, 0.25) is 0 Å². The maximum absolute atomic E-state index is 4.23. The molecule has 0 radical (unpaired) electrons. The molecule has 1 aliphatic carbocycles. The van der Waals surface area contributed by atoms with Crippen LogP contribution < -0.4 is 5.32 Å². The van der Waals surface area contributed by atoms with E-state index < -0.39 is 0 Å². The molecule has 1 aliphatic rings. The lowest BCUT2D eigenvalue weighted by Gasteiger charge is -2.29. The van der Waals surface area contributed by atoms with Gasteiger partial charge >= 0.3 is 0 Å². The molecular weight excluding hydrogens is 258 g/mol. The molecule has 1 N–H and O–H groups in total. The molecule has 3 nitrogen and oxygen atoms in total. The molecule has 0 atom stereocenters. The summed E-state index contributed by atoms with van der Waals surface area (Å²) < 4.78 is 2.21. The SMILES string of the molecule is CCn1cncc1CNC1CCC(c2ccccc2)CC1. The molecule has 1 heterocycles. The highest BCUT2D eigenvalue weighted by Gasteiger charge is 2.21. The molecule has 0 unspecified atom stereocenters. The van der Waals surface area contributed by atoms with Crippen LogP contribution >= 0.6 is 0 Å². The summed E-state index contributed by atoms with van der Waals surface area (Å²) in [4.78, 5) is 4.23. The highest BCUT2D eigenvalue weighted by Crippen LogP contribution is 2.32. The van der Waals surface area contributed by atoms with E-state index in [0.29, 0.717) is 6.04 Å². The summed E-state index contributed by atoms with van der Waals surface area (Å²) in [6.45, 7) is 4.10. The minimum absolute atomic E-state index is 0.658. The van der Waals surface area contributed by atoms with E-state index in [9.17, 15) is 0 Å². The highest BCUT2D eigenvalue weighted by molar-refractivity contribution is 5.20. The van der Waals surface area contributed by atoms with E-state index >= 15 is 0 Å². The predicted octanol–water partition coefficient (Wildman–Crippen LogP) is 3.72. The molecule has 0 saturated heterocycles. The highest BCUT2D eigenvalue weighted by atomic mass is 15.1. The van der Waals surface area contributed by atoms with Gasteiger partial charge in [-0.25, -0.2) is 4.98 Å². The van der Waals surface area contributed by atoms with Crippen LogP contribution in [0.3, 0.4) is 0 Å².